The third-order valence-corrected chi connectivity index (χ3v) is 3.76. The van der Waals surface area contributed by atoms with Gasteiger partial charge in [-0.1, -0.05) is 37.3 Å². The van der Waals surface area contributed by atoms with Gasteiger partial charge in [-0.25, -0.2) is 0 Å². The Bertz CT molecular complexity index is 323. The summed E-state index contributed by atoms with van der Waals surface area (Å²) in [5, 5.41) is 3.29. The number of nitrogens with one attached hydrogen (secondary N) is 1. The molecule has 1 heterocycles. The average molecular weight is 232 g/mol. The fourth-order valence-corrected chi connectivity index (χ4v) is 2.81. The van der Waals surface area contributed by atoms with Crippen LogP contribution in [0.25, 0.3) is 0 Å². The molecule has 94 valence electrons. The van der Waals surface area contributed by atoms with E-state index in [2.05, 4.69) is 54.5 Å². The summed E-state index contributed by atoms with van der Waals surface area (Å²) in [5.41, 5.74) is 1.46. The Labute approximate surface area is 105 Å². The number of rotatable bonds is 5. The lowest BCUT2D eigenvalue weighted by molar-refractivity contribution is 0.307. The SMILES string of the molecule is CNCC1CCN(CC(C)c2ccccc2)C1. The Morgan fingerprint density at radius 1 is 1.35 bits per heavy atom. The molecule has 1 fully saturated rings. The van der Waals surface area contributed by atoms with Gasteiger partial charge in [-0.3, -0.25) is 0 Å². The van der Waals surface area contributed by atoms with E-state index in [9.17, 15) is 0 Å². The van der Waals surface area contributed by atoms with E-state index in [0.29, 0.717) is 5.92 Å². The maximum absolute atomic E-state index is 3.29. The summed E-state index contributed by atoms with van der Waals surface area (Å²) in [4.78, 5) is 2.61. The number of benzene rings is 1. The molecule has 0 radical (unpaired) electrons. The van der Waals surface area contributed by atoms with Crippen molar-refractivity contribution < 1.29 is 0 Å². The van der Waals surface area contributed by atoms with Gasteiger partial charge in [0, 0.05) is 13.1 Å². The van der Waals surface area contributed by atoms with Crippen molar-refractivity contribution in [3.63, 3.8) is 0 Å². The third kappa shape index (κ3) is 3.55. The molecule has 1 saturated heterocycles. The van der Waals surface area contributed by atoms with E-state index in [1.807, 2.05) is 0 Å². The quantitative estimate of drug-likeness (QED) is 0.838. The summed E-state index contributed by atoms with van der Waals surface area (Å²) in [5.74, 6) is 1.49. The van der Waals surface area contributed by atoms with Crippen molar-refractivity contribution in [2.75, 3.05) is 33.2 Å². The minimum Gasteiger partial charge on any atom is -0.319 e. The predicted molar refractivity (Wildman–Crippen MR) is 73.3 cm³/mol. The number of hydrogen-bond donors (Lipinski definition) is 1. The third-order valence-electron chi connectivity index (χ3n) is 3.76. The Morgan fingerprint density at radius 3 is 2.82 bits per heavy atom. The van der Waals surface area contributed by atoms with Crippen LogP contribution in [-0.2, 0) is 0 Å². The number of hydrogen-bond acceptors (Lipinski definition) is 2. The molecule has 1 aliphatic rings. The first kappa shape index (κ1) is 12.6. The molecule has 2 nitrogen and oxygen atoms in total. The largest absolute Gasteiger partial charge is 0.319 e. The molecule has 1 aromatic carbocycles. The molecule has 1 aliphatic heterocycles. The van der Waals surface area contributed by atoms with Gasteiger partial charge in [-0.05, 0) is 44.0 Å². The van der Waals surface area contributed by atoms with Crippen LogP contribution in [0.4, 0.5) is 0 Å². The zero-order chi connectivity index (χ0) is 12.1. The molecule has 0 saturated carbocycles. The Morgan fingerprint density at radius 2 is 2.12 bits per heavy atom. The molecule has 0 bridgehead atoms. The highest BCUT2D eigenvalue weighted by Gasteiger charge is 2.23. The minimum absolute atomic E-state index is 0.643. The van der Waals surface area contributed by atoms with Crippen LogP contribution in [0.1, 0.15) is 24.8 Å². The van der Waals surface area contributed by atoms with Gasteiger partial charge in [0.15, 0.2) is 0 Å². The van der Waals surface area contributed by atoms with E-state index in [-0.39, 0.29) is 0 Å². The van der Waals surface area contributed by atoms with Crippen molar-refractivity contribution in [3.8, 4) is 0 Å². The summed E-state index contributed by atoms with van der Waals surface area (Å²) >= 11 is 0. The van der Waals surface area contributed by atoms with E-state index in [4.69, 9.17) is 0 Å². The number of nitrogens with zero attached hydrogens (tertiary/aromatic N) is 1. The zero-order valence-electron chi connectivity index (χ0n) is 11.0. The van der Waals surface area contributed by atoms with Crippen molar-refractivity contribution in [3.05, 3.63) is 35.9 Å². The molecule has 2 unspecified atom stereocenters. The first-order chi connectivity index (χ1) is 8.29. The second-order valence-corrected chi connectivity index (χ2v) is 5.28. The molecule has 0 aromatic heterocycles. The summed E-state index contributed by atoms with van der Waals surface area (Å²) in [6, 6.07) is 10.9. The lowest BCUT2D eigenvalue weighted by atomic mass is 10.0. The molecular weight excluding hydrogens is 208 g/mol. The Kier molecular flexibility index (Phi) is 4.57. The second-order valence-electron chi connectivity index (χ2n) is 5.28. The van der Waals surface area contributed by atoms with Crippen molar-refractivity contribution >= 4 is 0 Å². The van der Waals surface area contributed by atoms with Gasteiger partial charge in [0.1, 0.15) is 0 Å². The molecule has 0 aliphatic carbocycles. The fourth-order valence-electron chi connectivity index (χ4n) is 2.81. The molecular formula is C15H24N2. The minimum atomic E-state index is 0.643. The summed E-state index contributed by atoms with van der Waals surface area (Å²) < 4.78 is 0. The Balaban J connectivity index is 1.82. The zero-order valence-corrected chi connectivity index (χ0v) is 11.0. The normalized spacial score (nSPS) is 22.8. The van der Waals surface area contributed by atoms with E-state index in [0.717, 1.165) is 12.5 Å². The molecule has 17 heavy (non-hydrogen) atoms. The lowest BCUT2D eigenvalue weighted by Crippen LogP contribution is -2.27. The summed E-state index contributed by atoms with van der Waals surface area (Å²) in [6.07, 6.45) is 1.35. The van der Waals surface area contributed by atoms with E-state index < -0.39 is 0 Å². The summed E-state index contributed by atoms with van der Waals surface area (Å²) in [7, 11) is 2.05. The molecule has 1 N–H and O–H groups in total. The topological polar surface area (TPSA) is 15.3 Å². The van der Waals surface area contributed by atoms with Crippen molar-refractivity contribution in [2.45, 2.75) is 19.3 Å². The lowest BCUT2D eigenvalue weighted by Gasteiger charge is -2.21. The molecule has 0 amide bonds. The predicted octanol–water partition coefficient (Wildman–Crippen LogP) is 2.33. The molecule has 2 atom stereocenters. The van der Waals surface area contributed by atoms with Crippen LogP contribution in [0.3, 0.4) is 0 Å². The highest BCUT2D eigenvalue weighted by Crippen LogP contribution is 2.21. The van der Waals surface area contributed by atoms with E-state index >= 15 is 0 Å². The van der Waals surface area contributed by atoms with Crippen molar-refractivity contribution in [1.29, 1.82) is 0 Å². The van der Waals surface area contributed by atoms with Crippen LogP contribution in [0.5, 0.6) is 0 Å². The highest BCUT2D eigenvalue weighted by molar-refractivity contribution is 5.19. The van der Waals surface area contributed by atoms with Crippen molar-refractivity contribution in [2.24, 2.45) is 5.92 Å². The average Bonchev–Trinajstić information content (AvgIpc) is 2.78. The maximum atomic E-state index is 3.29. The van der Waals surface area contributed by atoms with Gasteiger partial charge in [-0.2, -0.15) is 0 Å². The van der Waals surface area contributed by atoms with Crippen LogP contribution < -0.4 is 5.32 Å². The smallest absolute Gasteiger partial charge is 0.00477 e. The Hall–Kier alpha value is -0.860. The van der Waals surface area contributed by atoms with E-state index in [1.165, 1.54) is 31.6 Å². The van der Waals surface area contributed by atoms with Crippen LogP contribution in [0.15, 0.2) is 30.3 Å². The van der Waals surface area contributed by atoms with Crippen LogP contribution in [0.2, 0.25) is 0 Å². The maximum Gasteiger partial charge on any atom is 0.00477 e. The standard InChI is InChI=1S/C15H24N2/c1-13(15-6-4-3-5-7-15)11-17-9-8-14(12-17)10-16-2/h3-7,13-14,16H,8-12H2,1-2H3. The summed E-state index contributed by atoms with van der Waals surface area (Å²) in [6.45, 7) is 7.22. The molecule has 1 aromatic rings. The van der Waals surface area contributed by atoms with Gasteiger partial charge in [-0.15, -0.1) is 0 Å². The monoisotopic (exact) mass is 232 g/mol. The van der Waals surface area contributed by atoms with Crippen molar-refractivity contribution in [1.82, 2.24) is 10.2 Å². The fraction of sp³-hybridized carbons (Fsp3) is 0.600. The van der Waals surface area contributed by atoms with Gasteiger partial charge >= 0.3 is 0 Å². The van der Waals surface area contributed by atoms with Gasteiger partial charge in [0.25, 0.3) is 0 Å². The first-order valence-electron chi connectivity index (χ1n) is 6.71. The van der Waals surface area contributed by atoms with Crippen LogP contribution in [0, 0.1) is 5.92 Å². The molecule has 0 spiro atoms. The van der Waals surface area contributed by atoms with E-state index in [1.54, 1.807) is 0 Å². The van der Waals surface area contributed by atoms with Gasteiger partial charge in [0.05, 0.1) is 0 Å². The highest BCUT2D eigenvalue weighted by atomic mass is 15.1. The van der Waals surface area contributed by atoms with Crippen LogP contribution in [-0.4, -0.2) is 38.1 Å². The number of likely N-dealkylation sites (tertiary alicyclic amines) is 1. The van der Waals surface area contributed by atoms with Crippen LogP contribution >= 0.6 is 0 Å². The van der Waals surface area contributed by atoms with Gasteiger partial charge < -0.3 is 10.2 Å². The first-order valence-corrected chi connectivity index (χ1v) is 6.71. The molecule has 2 heteroatoms. The second kappa shape index (κ2) is 6.18. The molecule has 2 rings (SSSR count). The van der Waals surface area contributed by atoms with Gasteiger partial charge in [0.2, 0.25) is 0 Å².